The van der Waals surface area contributed by atoms with Crippen molar-refractivity contribution in [2.75, 3.05) is 6.61 Å². The Morgan fingerprint density at radius 3 is 2.30 bits per heavy atom. The minimum atomic E-state index is -1.55. The van der Waals surface area contributed by atoms with Gasteiger partial charge in [0.2, 0.25) is 0 Å². The van der Waals surface area contributed by atoms with Crippen LogP contribution < -0.4 is 0 Å². The predicted molar refractivity (Wildman–Crippen MR) is 74.6 cm³/mol. The first-order valence-corrected chi connectivity index (χ1v) is 6.94. The molecule has 0 spiro atoms. The van der Waals surface area contributed by atoms with Crippen molar-refractivity contribution in [3.8, 4) is 0 Å². The summed E-state index contributed by atoms with van der Waals surface area (Å²) >= 11 is 0. The Morgan fingerprint density at radius 2 is 1.85 bits per heavy atom. The highest BCUT2D eigenvalue weighted by Crippen LogP contribution is 2.43. The van der Waals surface area contributed by atoms with Crippen LogP contribution in [0.5, 0.6) is 0 Å². The van der Waals surface area contributed by atoms with Crippen LogP contribution in [0, 0.1) is 5.41 Å². The van der Waals surface area contributed by atoms with E-state index in [0.717, 1.165) is 18.4 Å². The summed E-state index contributed by atoms with van der Waals surface area (Å²) in [6.45, 7) is 10.3. The maximum atomic E-state index is 11.1. The van der Waals surface area contributed by atoms with Crippen LogP contribution in [0.3, 0.4) is 0 Å². The molecule has 1 aliphatic rings. The van der Waals surface area contributed by atoms with Gasteiger partial charge in [-0.15, -0.1) is 4.89 Å². The standard InChI is InChI=1S/C15H24O5/c1-6-8-9-11-17-20-15(18-13(16)19-15)12(10-7-2)14(3,4)5/h8-10H,6-7,11H2,1-5H3/b9-8+,12-10+. The van der Waals surface area contributed by atoms with Crippen molar-refractivity contribution < 1.29 is 24.0 Å². The first-order valence-electron chi connectivity index (χ1n) is 6.94. The Balaban J connectivity index is 2.78. The van der Waals surface area contributed by atoms with Crippen LogP contribution in [0.1, 0.15) is 47.5 Å². The van der Waals surface area contributed by atoms with Crippen molar-refractivity contribution in [2.24, 2.45) is 5.41 Å². The van der Waals surface area contributed by atoms with Crippen LogP contribution in [-0.2, 0) is 19.2 Å². The number of ether oxygens (including phenoxy) is 2. The zero-order valence-corrected chi connectivity index (χ0v) is 12.9. The van der Waals surface area contributed by atoms with E-state index < -0.39 is 12.1 Å². The van der Waals surface area contributed by atoms with E-state index in [1.165, 1.54) is 0 Å². The Hall–Kier alpha value is -1.33. The largest absolute Gasteiger partial charge is 0.519 e. The number of cyclic esters (lactones) is 2. The first kappa shape index (κ1) is 16.7. The minimum Gasteiger partial charge on any atom is -0.360 e. The van der Waals surface area contributed by atoms with Gasteiger partial charge in [0.1, 0.15) is 6.61 Å². The summed E-state index contributed by atoms with van der Waals surface area (Å²) in [6.07, 6.45) is 6.64. The molecule has 0 aromatic heterocycles. The van der Waals surface area contributed by atoms with Gasteiger partial charge < -0.3 is 9.47 Å². The topological polar surface area (TPSA) is 54.0 Å². The third-order valence-corrected chi connectivity index (χ3v) is 2.72. The van der Waals surface area contributed by atoms with Gasteiger partial charge in [-0.2, -0.15) is 0 Å². The summed E-state index contributed by atoms with van der Waals surface area (Å²) in [4.78, 5) is 21.4. The molecule has 0 atom stereocenters. The summed E-state index contributed by atoms with van der Waals surface area (Å²) < 4.78 is 10.1. The molecular formula is C15H24O5. The summed E-state index contributed by atoms with van der Waals surface area (Å²) in [5.74, 6) is -1.55. The zero-order valence-electron chi connectivity index (χ0n) is 12.9. The molecular weight excluding hydrogens is 260 g/mol. The molecule has 0 bridgehead atoms. The Bertz CT molecular complexity index is 382. The van der Waals surface area contributed by atoms with Crippen LogP contribution in [0.4, 0.5) is 4.79 Å². The Morgan fingerprint density at radius 1 is 1.20 bits per heavy atom. The SMILES string of the molecule is CC/C=C/COOC1(/C(=C/CC)C(C)(C)C)OC(=O)O1. The van der Waals surface area contributed by atoms with Gasteiger partial charge in [0, 0.05) is 5.57 Å². The molecule has 1 heterocycles. The summed E-state index contributed by atoms with van der Waals surface area (Å²) in [5.41, 5.74) is 0.450. The molecule has 0 unspecified atom stereocenters. The smallest absolute Gasteiger partial charge is 0.360 e. The van der Waals surface area contributed by atoms with Crippen molar-refractivity contribution in [3.05, 3.63) is 23.8 Å². The molecule has 0 aromatic rings. The fourth-order valence-corrected chi connectivity index (χ4v) is 1.90. The number of hydrogen-bond acceptors (Lipinski definition) is 5. The van der Waals surface area contributed by atoms with Gasteiger partial charge in [-0.3, -0.25) is 0 Å². The quantitative estimate of drug-likeness (QED) is 0.231. The lowest BCUT2D eigenvalue weighted by atomic mass is 9.83. The molecule has 1 rings (SSSR count). The monoisotopic (exact) mass is 284 g/mol. The number of hydrogen-bond donors (Lipinski definition) is 0. The van der Waals surface area contributed by atoms with Gasteiger partial charge in [-0.05, 0) is 18.3 Å². The third kappa shape index (κ3) is 4.08. The van der Waals surface area contributed by atoms with E-state index in [1.807, 2.05) is 52.8 Å². The second-order valence-electron chi connectivity index (χ2n) is 5.53. The normalized spacial score (nSPS) is 18.6. The molecule has 0 saturated carbocycles. The number of rotatable bonds is 7. The van der Waals surface area contributed by atoms with Gasteiger partial charge in [0.05, 0.1) is 0 Å². The summed E-state index contributed by atoms with van der Waals surface area (Å²) in [6, 6.07) is 0. The van der Waals surface area contributed by atoms with E-state index in [0.29, 0.717) is 0 Å². The van der Waals surface area contributed by atoms with Gasteiger partial charge in [0.15, 0.2) is 0 Å². The van der Waals surface area contributed by atoms with Gasteiger partial charge in [-0.1, -0.05) is 52.8 Å². The van der Waals surface area contributed by atoms with Crippen molar-refractivity contribution in [2.45, 2.75) is 53.4 Å². The van der Waals surface area contributed by atoms with Crippen LogP contribution in [-0.4, -0.2) is 18.7 Å². The average molecular weight is 284 g/mol. The van der Waals surface area contributed by atoms with Crippen LogP contribution in [0.2, 0.25) is 0 Å². The van der Waals surface area contributed by atoms with Crippen LogP contribution in [0.15, 0.2) is 23.8 Å². The molecule has 0 amide bonds. The zero-order chi connectivity index (χ0) is 15.2. The highest BCUT2D eigenvalue weighted by Gasteiger charge is 2.58. The second-order valence-corrected chi connectivity index (χ2v) is 5.53. The number of carbonyl (C=O) groups excluding carboxylic acids is 1. The van der Waals surface area contributed by atoms with E-state index in [-0.39, 0.29) is 12.0 Å². The molecule has 0 aliphatic carbocycles. The van der Waals surface area contributed by atoms with Gasteiger partial charge >= 0.3 is 12.1 Å². The van der Waals surface area contributed by atoms with Crippen LogP contribution >= 0.6 is 0 Å². The molecule has 0 radical (unpaired) electrons. The summed E-state index contributed by atoms with van der Waals surface area (Å²) in [7, 11) is 0. The molecule has 5 heteroatoms. The predicted octanol–water partition coefficient (Wildman–Crippen LogP) is 4.10. The van der Waals surface area contributed by atoms with Crippen molar-refractivity contribution in [1.82, 2.24) is 0 Å². The maximum Gasteiger partial charge on any atom is 0.519 e. The van der Waals surface area contributed by atoms with Gasteiger partial charge in [-0.25, -0.2) is 9.68 Å². The Labute approximate surface area is 120 Å². The maximum absolute atomic E-state index is 11.1. The first-order chi connectivity index (χ1) is 9.35. The Kier molecular flexibility index (Phi) is 5.77. The highest BCUT2D eigenvalue weighted by molar-refractivity contribution is 5.66. The molecule has 0 N–H and O–H groups in total. The molecule has 5 nitrogen and oxygen atoms in total. The van der Waals surface area contributed by atoms with Crippen molar-refractivity contribution in [3.63, 3.8) is 0 Å². The lowest BCUT2D eigenvalue weighted by Crippen LogP contribution is -2.56. The van der Waals surface area contributed by atoms with E-state index in [1.54, 1.807) is 0 Å². The molecule has 0 aromatic carbocycles. The number of carbonyl (C=O) groups is 1. The van der Waals surface area contributed by atoms with Gasteiger partial charge in [0.25, 0.3) is 0 Å². The average Bonchev–Trinajstić information content (AvgIpc) is 2.31. The lowest BCUT2D eigenvalue weighted by Gasteiger charge is -2.42. The van der Waals surface area contributed by atoms with Crippen molar-refractivity contribution >= 4 is 6.16 Å². The molecule has 20 heavy (non-hydrogen) atoms. The molecule has 114 valence electrons. The van der Waals surface area contributed by atoms with Crippen LogP contribution in [0.25, 0.3) is 0 Å². The number of allylic oxidation sites excluding steroid dienone is 2. The van der Waals surface area contributed by atoms with E-state index >= 15 is 0 Å². The van der Waals surface area contributed by atoms with E-state index in [4.69, 9.17) is 19.2 Å². The lowest BCUT2D eigenvalue weighted by molar-refractivity contribution is -0.505. The minimum absolute atomic E-state index is 0.264. The summed E-state index contributed by atoms with van der Waals surface area (Å²) in [5, 5.41) is 0. The second kappa shape index (κ2) is 6.90. The van der Waals surface area contributed by atoms with E-state index in [2.05, 4.69) is 0 Å². The molecule has 1 saturated heterocycles. The van der Waals surface area contributed by atoms with E-state index in [9.17, 15) is 4.79 Å². The van der Waals surface area contributed by atoms with Crippen molar-refractivity contribution in [1.29, 1.82) is 0 Å². The third-order valence-electron chi connectivity index (χ3n) is 2.72. The molecule has 1 fully saturated rings. The fourth-order valence-electron chi connectivity index (χ4n) is 1.90. The molecule has 1 aliphatic heterocycles. The highest BCUT2D eigenvalue weighted by atomic mass is 17.3. The fraction of sp³-hybridized carbons (Fsp3) is 0.667.